The molecule has 0 aliphatic carbocycles. The van der Waals surface area contributed by atoms with Crippen LogP contribution in [-0.4, -0.2) is 37.0 Å². The molecule has 3 rings (SSSR count). The summed E-state index contributed by atoms with van der Waals surface area (Å²) < 4.78 is 57.4. The van der Waals surface area contributed by atoms with E-state index in [-0.39, 0.29) is 23.8 Å². The Hall–Kier alpha value is -3.69. The van der Waals surface area contributed by atoms with Crippen LogP contribution in [0.15, 0.2) is 42.5 Å². The zero-order valence-corrected chi connectivity index (χ0v) is 18.6. The van der Waals surface area contributed by atoms with E-state index in [0.717, 1.165) is 16.3 Å². The number of nitrogens with zero attached hydrogens (tertiary/aromatic N) is 2. The summed E-state index contributed by atoms with van der Waals surface area (Å²) in [5.74, 6) is 1.14. The van der Waals surface area contributed by atoms with Crippen molar-refractivity contribution in [1.82, 2.24) is 9.78 Å². The molecule has 0 bridgehead atoms. The third-order valence-electron chi connectivity index (χ3n) is 4.90. The molecule has 10 heteroatoms. The molecule has 0 fully saturated rings. The number of hydrogen-bond acceptors (Lipinski definition) is 5. The van der Waals surface area contributed by atoms with E-state index in [2.05, 4.69) is 10.4 Å². The lowest BCUT2D eigenvalue weighted by Gasteiger charge is -2.15. The zero-order chi connectivity index (χ0) is 24.2. The number of amides is 1. The number of aromatic nitrogens is 2. The Morgan fingerprint density at radius 3 is 2.24 bits per heavy atom. The summed E-state index contributed by atoms with van der Waals surface area (Å²) in [6.07, 6.45) is -4.15. The quantitative estimate of drug-likeness (QED) is 0.520. The van der Waals surface area contributed by atoms with Gasteiger partial charge in [0.1, 0.15) is 5.82 Å². The van der Waals surface area contributed by atoms with Gasteiger partial charge in [-0.2, -0.15) is 18.3 Å². The van der Waals surface area contributed by atoms with Gasteiger partial charge in [-0.05, 0) is 43.2 Å². The number of methoxy groups -OCH3 is 3. The third-order valence-corrected chi connectivity index (χ3v) is 4.90. The molecule has 3 aromatic rings. The first-order chi connectivity index (χ1) is 15.7. The highest BCUT2D eigenvalue weighted by atomic mass is 19.4. The van der Waals surface area contributed by atoms with Gasteiger partial charge in [0.15, 0.2) is 11.5 Å². The van der Waals surface area contributed by atoms with Crippen LogP contribution in [0.1, 0.15) is 23.2 Å². The van der Waals surface area contributed by atoms with Gasteiger partial charge in [-0.3, -0.25) is 4.79 Å². The molecule has 1 aromatic heterocycles. The molecule has 0 unspecified atom stereocenters. The molecule has 0 aliphatic heterocycles. The number of para-hydroxylation sites is 1. The number of anilines is 1. The van der Waals surface area contributed by atoms with Crippen molar-refractivity contribution in [2.45, 2.75) is 25.9 Å². The van der Waals surface area contributed by atoms with Crippen molar-refractivity contribution in [3.63, 3.8) is 0 Å². The van der Waals surface area contributed by atoms with E-state index >= 15 is 0 Å². The molecule has 1 N–H and O–H groups in total. The largest absolute Gasteiger partial charge is 0.493 e. The molecule has 1 amide bonds. The minimum atomic E-state index is -4.57. The number of benzene rings is 2. The number of aryl methyl sites for hydroxylation is 2. The van der Waals surface area contributed by atoms with E-state index < -0.39 is 11.7 Å². The van der Waals surface area contributed by atoms with Crippen LogP contribution in [0.2, 0.25) is 0 Å². The number of halogens is 3. The van der Waals surface area contributed by atoms with E-state index in [1.807, 2.05) is 0 Å². The van der Waals surface area contributed by atoms with Gasteiger partial charge in [0.05, 0.1) is 38.3 Å². The molecule has 176 valence electrons. The van der Waals surface area contributed by atoms with Gasteiger partial charge in [0, 0.05) is 12.5 Å². The maximum Gasteiger partial charge on any atom is 0.418 e. The van der Waals surface area contributed by atoms with E-state index in [1.165, 1.54) is 45.6 Å². The Morgan fingerprint density at radius 2 is 1.67 bits per heavy atom. The highest BCUT2D eigenvalue weighted by Gasteiger charge is 2.34. The van der Waals surface area contributed by atoms with Gasteiger partial charge in [-0.1, -0.05) is 12.1 Å². The van der Waals surface area contributed by atoms with Gasteiger partial charge in [0.2, 0.25) is 11.7 Å². The maximum absolute atomic E-state index is 13.5. The smallest absolute Gasteiger partial charge is 0.418 e. The topological polar surface area (TPSA) is 74.6 Å². The molecule has 0 aliphatic rings. The van der Waals surface area contributed by atoms with Crippen molar-refractivity contribution in [2.24, 2.45) is 0 Å². The molecule has 0 saturated heterocycles. The molecular weight excluding hydrogens is 439 g/mol. The number of carbonyl (C=O) groups excluding carboxylic acids is 1. The van der Waals surface area contributed by atoms with Gasteiger partial charge in [0.25, 0.3) is 0 Å². The normalized spacial score (nSPS) is 11.2. The van der Waals surface area contributed by atoms with Crippen molar-refractivity contribution < 1.29 is 32.2 Å². The van der Waals surface area contributed by atoms with Gasteiger partial charge in [-0.15, -0.1) is 0 Å². The fraction of sp³-hybridized carbons (Fsp3) is 0.304. The Bertz CT molecular complexity index is 1120. The molecule has 33 heavy (non-hydrogen) atoms. The molecule has 0 radical (unpaired) electrons. The van der Waals surface area contributed by atoms with E-state index in [0.29, 0.717) is 29.4 Å². The first-order valence-electron chi connectivity index (χ1n) is 10.00. The Kier molecular flexibility index (Phi) is 7.15. The van der Waals surface area contributed by atoms with E-state index in [9.17, 15) is 18.0 Å². The lowest BCUT2D eigenvalue weighted by atomic mass is 10.1. The molecule has 0 saturated carbocycles. The number of nitrogens with one attached hydrogen (secondary N) is 1. The first-order valence-corrected chi connectivity index (χ1v) is 10.00. The summed E-state index contributed by atoms with van der Waals surface area (Å²) in [6, 6.07) is 10.1. The second-order valence-corrected chi connectivity index (χ2v) is 7.18. The van der Waals surface area contributed by atoms with Gasteiger partial charge >= 0.3 is 6.18 Å². The second kappa shape index (κ2) is 9.85. The Balaban J connectivity index is 1.80. The summed E-state index contributed by atoms with van der Waals surface area (Å²) >= 11 is 0. The summed E-state index contributed by atoms with van der Waals surface area (Å²) in [6.45, 7) is 1.64. The fourth-order valence-electron chi connectivity index (χ4n) is 3.41. The van der Waals surface area contributed by atoms with Crippen LogP contribution in [0.25, 0.3) is 5.69 Å². The standard InChI is InChI=1S/C23H24F3N3O4/c1-14-11-20(29(28-14)17-8-6-5-7-16(17)23(24,25)26)27-21(30)10-9-15-12-18(31-2)22(33-4)19(13-15)32-3/h5-8,11-13H,9-10H2,1-4H3,(H,27,30). The first kappa shape index (κ1) is 24.0. The van der Waals surface area contributed by atoms with Crippen LogP contribution in [0, 0.1) is 6.92 Å². The van der Waals surface area contributed by atoms with E-state index in [4.69, 9.17) is 14.2 Å². The SMILES string of the molecule is COc1cc(CCC(=O)Nc2cc(C)nn2-c2ccccc2C(F)(F)F)cc(OC)c1OC. The second-order valence-electron chi connectivity index (χ2n) is 7.18. The van der Waals surface area contributed by atoms with Crippen LogP contribution in [0.5, 0.6) is 17.2 Å². The number of alkyl halides is 3. The number of ether oxygens (including phenoxy) is 3. The monoisotopic (exact) mass is 463 g/mol. The lowest BCUT2D eigenvalue weighted by molar-refractivity contribution is -0.137. The molecule has 0 atom stereocenters. The van der Waals surface area contributed by atoms with Crippen LogP contribution in [-0.2, 0) is 17.4 Å². The van der Waals surface area contributed by atoms with E-state index in [1.54, 1.807) is 19.1 Å². The van der Waals surface area contributed by atoms with Gasteiger partial charge in [-0.25, -0.2) is 4.68 Å². The molecule has 1 heterocycles. The highest BCUT2D eigenvalue weighted by molar-refractivity contribution is 5.90. The van der Waals surface area contributed by atoms with Crippen molar-refractivity contribution in [2.75, 3.05) is 26.6 Å². The van der Waals surface area contributed by atoms with Crippen LogP contribution < -0.4 is 19.5 Å². The lowest BCUT2D eigenvalue weighted by Crippen LogP contribution is -2.17. The predicted molar refractivity (Wildman–Crippen MR) is 116 cm³/mol. The minimum Gasteiger partial charge on any atom is -0.493 e. The van der Waals surface area contributed by atoms with Crippen molar-refractivity contribution in [3.8, 4) is 22.9 Å². The predicted octanol–water partition coefficient (Wildman–Crippen LogP) is 4.80. The highest BCUT2D eigenvalue weighted by Crippen LogP contribution is 2.38. The van der Waals surface area contributed by atoms with Gasteiger partial charge < -0.3 is 19.5 Å². The summed E-state index contributed by atoms with van der Waals surface area (Å²) in [5.41, 5.74) is 0.220. The molecule has 7 nitrogen and oxygen atoms in total. The number of carbonyl (C=O) groups is 1. The van der Waals surface area contributed by atoms with Crippen molar-refractivity contribution in [1.29, 1.82) is 0 Å². The molecule has 2 aromatic carbocycles. The number of rotatable bonds is 8. The molecular formula is C23H24F3N3O4. The van der Waals surface area contributed by atoms with Crippen molar-refractivity contribution >= 4 is 11.7 Å². The molecule has 0 spiro atoms. The fourth-order valence-corrected chi connectivity index (χ4v) is 3.41. The zero-order valence-electron chi connectivity index (χ0n) is 18.6. The summed E-state index contributed by atoms with van der Waals surface area (Å²) in [5, 5.41) is 6.81. The Morgan fingerprint density at radius 1 is 1.03 bits per heavy atom. The third kappa shape index (κ3) is 5.39. The van der Waals surface area contributed by atoms with Crippen LogP contribution in [0.4, 0.5) is 19.0 Å². The summed E-state index contributed by atoms with van der Waals surface area (Å²) in [4.78, 5) is 12.6. The van der Waals surface area contributed by atoms with Crippen molar-refractivity contribution in [3.05, 3.63) is 59.3 Å². The minimum absolute atomic E-state index is 0.0732. The average molecular weight is 463 g/mol. The maximum atomic E-state index is 13.5. The Labute approximate surface area is 189 Å². The number of hydrogen-bond donors (Lipinski definition) is 1. The van der Waals surface area contributed by atoms with Crippen LogP contribution >= 0.6 is 0 Å². The van der Waals surface area contributed by atoms with Crippen LogP contribution in [0.3, 0.4) is 0 Å². The average Bonchev–Trinajstić information content (AvgIpc) is 3.15. The summed E-state index contributed by atoms with van der Waals surface area (Å²) in [7, 11) is 4.49.